The molecule has 22 heavy (non-hydrogen) atoms. The second-order valence-electron chi connectivity index (χ2n) is 6.81. The fourth-order valence-electron chi connectivity index (χ4n) is 3.71. The third kappa shape index (κ3) is 2.90. The predicted octanol–water partition coefficient (Wildman–Crippen LogP) is 1.67. The molecule has 1 aromatic carbocycles. The van der Waals surface area contributed by atoms with Crippen molar-refractivity contribution in [3.05, 3.63) is 35.4 Å². The van der Waals surface area contributed by atoms with Crippen LogP contribution in [0.4, 0.5) is 0 Å². The molecule has 2 N–H and O–H groups in total. The molecule has 0 radical (unpaired) electrons. The van der Waals surface area contributed by atoms with E-state index in [1.807, 2.05) is 17.0 Å². The molecule has 2 aliphatic rings. The lowest BCUT2D eigenvalue weighted by Gasteiger charge is -2.33. The summed E-state index contributed by atoms with van der Waals surface area (Å²) in [5.41, 5.74) is 1.98. The van der Waals surface area contributed by atoms with Crippen molar-refractivity contribution >= 4 is 5.91 Å². The monoisotopic (exact) mass is 302 g/mol. The molecule has 1 aliphatic heterocycles. The summed E-state index contributed by atoms with van der Waals surface area (Å²) in [7, 11) is 0. The first-order valence-electron chi connectivity index (χ1n) is 8.37. The third-order valence-corrected chi connectivity index (χ3v) is 5.34. The van der Waals surface area contributed by atoms with Gasteiger partial charge in [-0.05, 0) is 42.7 Å². The number of fused-ring (bicyclic) bond motifs is 1. The van der Waals surface area contributed by atoms with Gasteiger partial charge in [0.2, 0.25) is 5.91 Å². The second kappa shape index (κ2) is 6.39. The number of hydrogen-bond acceptors (Lipinski definition) is 3. The van der Waals surface area contributed by atoms with Gasteiger partial charge in [-0.2, -0.15) is 0 Å². The van der Waals surface area contributed by atoms with Crippen molar-refractivity contribution in [2.45, 2.75) is 38.1 Å². The number of rotatable bonds is 4. The molecule has 1 amide bonds. The highest BCUT2D eigenvalue weighted by molar-refractivity contribution is 5.78. The largest absolute Gasteiger partial charge is 0.394 e. The number of piperidine rings is 1. The van der Waals surface area contributed by atoms with Crippen molar-refractivity contribution in [3.8, 4) is 0 Å². The van der Waals surface area contributed by atoms with Gasteiger partial charge in [0.25, 0.3) is 0 Å². The van der Waals surface area contributed by atoms with Crippen LogP contribution in [-0.4, -0.2) is 42.2 Å². The zero-order valence-electron chi connectivity index (χ0n) is 13.3. The summed E-state index contributed by atoms with van der Waals surface area (Å²) < 4.78 is 0. The van der Waals surface area contributed by atoms with Crippen molar-refractivity contribution in [2.75, 3.05) is 26.2 Å². The van der Waals surface area contributed by atoms with Crippen LogP contribution in [-0.2, 0) is 16.8 Å². The van der Waals surface area contributed by atoms with Crippen LogP contribution in [0.2, 0.25) is 0 Å². The summed E-state index contributed by atoms with van der Waals surface area (Å²) >= 11 is 0. The van der Waals surface area contributed by atoms with Gasteiger partial charge in [0.1, 0.15) is 0 Å². The molecule has 0 aromatic heterocycles. The van der Waals surface area contributed by atoms with Crippen molar-refractivity contribution in [3.63, 3.8) is 0 Å². The Labute approximate surface area is 132 Å². The zero-order chi connectivity index (χ0) is 15.6. The number of carbonyl (C=O) groups excluding carboxylic acids is 1. The van der Waals surface area contributed by atoms with Gasteiger partial charge < -0.3 is 10.0 Å². The minimum absolute atomic E-state index is 0.0360. The molecule has 3 rings (SSSR count). The number of aliphatic hydroxyl groups excluding tert-OH is 1. The Balaban J connectivity index is 1.64. The smallest absolute Gasteiger partial charge is 0.236 e. The number of aryl methyl sites for hydroxylation is 1. The van der Waals surface area contributed by atoms with E-state index >= 15 is 0 Å². The summed E-state index contributed by atoms with van der Waals surface area (Å²) in [6.07, 6.45) is 4.01. The average molecular weight is 302 g/mol. The zero-order valence-corrected chi connectivity index (χ0v) is 13.3. The number of carbonyl (C=O) groups is 1. The Morgan fingerprint density at radius 3 is 2.82 bits per heavy atom. The fraction of sp³-hybridized carbons (Fsp3) is 0.611. The van der Waals surface area contributed by atoms with Gasteiger partial charge >= 0.3 is 0 Å². The van der Waals surface area contributed by atoms with E-state index in [4.69, 9.17) is 0 Å². The molecule has 0 spiro atoms. The maximum Gasteiger partial charge on any atom is 0.236 e. The van der Waals surface area contributed by atoms with E-state index in [1.165, 1.54) is 5.56 Å². The number of likely N-dealkylation sites (tertiary alicyclic amines) is 1. The highest BCUT2D eigenvalue weighted by Crippen LogP contribution is 2.36. The van der Waals surface area contributed by atoms with E-state index < -0.39 is 5.54 Å². The first-order chi connectivity index (χ1) is 10.6. The number of nitrogens with one attached hydrogen (secondary N) is 1. The van der Waals surface area contributed by atoms with Gasteiger partial charge in [-0.25, -0.2) is 0 Å². The lowest BCUT2D eigenvalue weighted by atomic mass is 9.92. The quantitative estimate of drug-likeness (QED) is 0.889. The lowest BCUT2D eigenvalue weighted by Crippen LogP contribution is -2.50. The number of benzene rings is 1. The SMILES string of the molecule is CC1CCN(C(=O)CNC2(CO)CCc3ccccc32)CC1. The van der Waals surface area contributed by atoms with Crippen LogP contribution < -0.4 is 5.32 Å². The Kier molecular flexibility index (Phi) is 4.50. The van der Waals surface area contributed by atoms with Crippen LogP contribution in [0.15, 0.2) is 24.3 Å². The van der Waals surface area contributed by atoms with E-state index in [0.29, 0.717) is 6.54 Å². The highest BCUT2D eigenvalue weighted by Gasteiger charge is 2.38. The number of amides is 1. The van der Waals surface area contributed by atoms with Gasteiger partial charge in [-0.3, -0.25) is 10.1 Å². The van der Waals surface area contributed by atoms with E-state index in [9.17, 15) is 9.90 Å². The summed E-state index contributed by atoms with van der Waals surface area (Å²) in [5, 5.41) is 13.3. The molecule has 1 saturated heterocycles. The molecule has 1 aromatic rings. The summed E-state index contributed by atoms with van der Waals surface area (Å²) in [6, 6.07) is 8.22. The van der Waals surface area contributed by atoms with E-state index in [0.717, 1.165) is 50.3 Å². The minimum atomic E-state index is -0.449. The first-order valence-corrected chi connectivity index (χ1v) is 8.37. The molecule has 0 saturated carbocycles. The van der Waals surface area contributed by atoms with Crippen molar-refractivity contribution < 1.29 is 9.90 Å². The number of hydrogen-bond donors (Lipinski definition) is 2. The maximum atomic E-state index is 12.4. The molecule has 1 fully saturated rings. The molecule has 4 nitrogen and oxygen atoms in total. The Hall–Kier alpha value is -1.39. The normalized spacial score (nSPS) is 25.3. The molecule has 1 aliphatic carbocycles. The molecule has 1 unspecified atom stereocenters. The Bertz CT molecular complexity index is 538. The average Bonchev–Trinajstić information content (AvgIpc) is 2.93. The van der Waals surface area contributed by atoms with Crippen molar-refractivity contribution in [1.29, 1.82) is 0 Å². The fourth-order valence-corrected chi connectivity index (χ4v) is 3.71. The first kappa shape index (κ1) is 15.5. The summed E-state index contributed by atoms with van der Waals surface area (Å²) in [6.45, 7) is 4.32. The van der Waals surface area contributed by atoms with E-state index in [1.54, 1.807) is 0 Å². The van der Waals surface area contributed by atoms with Gasteiger partial charge in [0.15, 0.2) is 0 Å². The van der Waals surface area contributed by atoms with Crippen molar-refractivity contribution in [1.82, 2.24) is 10.2 Å². The van der Waals surface area contributed by atoms with Crippen molar-refractivity contribution in [2.24, 2.45) is 5.92 Å². The van der Waals surface area contributed by atoms with Crippen LogP contribution in [0.5, 0.6) is 0 Å². The lowest BCUT2D eigenvalue weighted by molar-refractivity contribution is -0.132. The Morgan fingerprint density at radius 2 is 2.09 bits per heavy atom. The van der Waals surface area contributed by atoms with Gasteiger partial charge in [-0.15, -0.1) is 0 Å². The number of nitrogens with zero attached hydrogens (tertiary/aromatic N) is 1. The maximum absolute atomic E-state index is 12.4. The molecule has 0 bridgehead atoms. The topological polar surface area (TPSA) is 52.6 Å². The van der Waals surface area contributed by atoms with Crippen LogP contribution in [0, 0.1) is 5.92 Å². The van der Waals surface area contributed by atoms with E-state index in [-0.39, 0.29) is 12.5 Å². The standard InChI is InChI=1S/C18H26N2O2/c1-14-7-10-20(11-8-14)17(22)12-19-18(13-21)9-6-15-4-2-3-5-16(15)18/h2-5,14,19,21H,6-13H2,1H3. The molecule has 120 valence electrons. The molecular weight excluding hydrogens is 276 g/mol. The van der Waals surface area contributed by atoms with Crippen LogP contribution in [0.1, 0.15) is 37.3 Å². The van der Waals surface area contributed by atoms with Gasteiger partial charge in [-0.1, -0.05) is 31.2 Å². The van der Waals surface area contributed by atoms with E-state index in [2.05, 4.69) is 24.4 Å². The molecular formula is C18H26N2O2. The second-order valence-corrected chi connectivity index (χ2v) is 6.81. The van der Waals surface area contributed by atoms with Crippen LogP contribution in [0.3, 0.4) is 0 Å². The third-order valence-electron chi connectivity index (χ3n) is 5.34. The molecule has 4 heteroatoms. The molecule has 1 heterocycles. The summed E-state index contributed by atoms with van der Waals surface area (Å²) in [5.74, 6) is 0.881. The predicted molar refractivity (Wildman–Crippen MR) is 86.5 cm³/mol. The Morgan fingerprint density at radius 1 is 1.36 bits per heavy atom. The summed E-state index contributed by atoms with van der Waals surface area (Å²) in [4.78, 5) is 14.4. The van der Waals surface area contributed by atoms with Crippen LogP contribution in [0.25, 0.3) is 0 Å². The van der Waals surface area contributed by atoms with Gasteiger partial charge in [0.05, 0.1) is 18.7 Å². The van der Waals surface area contributed by atoms with Crippen LogP contribution >= 0.6 is 0 Å². The van der Waals surface area contributed by atoms with Gasteiger partial charge in [0, 0.05) is 13.1 Å². The molecule has 1 atom stereocenters. The minimum Gasteiger partial charge on any atom is -0.394 e. The number of aliphatic hydroxyl groups is 1. The highest BCUT2D eigenvalue weighted by atomic mass is 16.3.